The number of nitrogens with one attached hydrogen (secondary N) is 1. The van der Waals surface area contributed by atoms with Crippen LogP contribution in [-0.4, -0.2) is 28.1 Å². The molecule has 0 saturated heterocycles. The van der Waals surface area contributed by atoms with Crippen molar-refractivity contribution in [3.8, 4) is 11.4 Å². The van der Waals surface area contributed by atoms with E-state index in [-0.39, 0.29) is 11.9 Å². The Hall–Kier alpha value is -2.21. The summed E-state index contributed by atoms with van der Waals surface area (Å²) in [7, 11) is 0. The summed E-state index contributed by atoms with van der Waals surface area (Å²) in [6, 6.07) is 7.87. The van der Waals surface area contributed by atoms with Crippen LogP contribution in [0.1, 0.15) is 42.5 Å². The van der Waals surface area contributed by atoms with Gasteiger partial charge in [0.2, 0.25) is 12.2 Å². The molecule has 2 aromatic rings. The first kappa shape index (κ1) is 15.3. The molecular formula is C18H22N4O2. The second-order valence-electron chi connectivity index (χ2n) is 7.01. The fraction of sp³-hybridized carbons (Fsp3) is 0.500. The van der Waals surface area contributed by atoms with E-state index in [9.17, 15) is 4.79 Å². The number of hydrogen-bond acceptors (Lipinski definition) is 5. The van der Waals surface area contributed by atoms with Crippen molar-refractivity contribution in [1.29, 1.82) is 0 Å². The maximum Gasteiger partial charge on any atom is 0.251 e. The summed E-state index contributed by atoms with van der Waals surface area (Å²) in [5.41, 5.74) is 7.66. The largest absolute Gasteiger partial charge is 0.349 e. The molecule has 2 aliphatic carbocycles. The van der Waals surface area contributed by atoms with Gasteiger partial charge in [-0.25, -0.2) is 0 Å². The first-order valence-corrected chi connectivity index (χ1v) is 8.64. The zero-order chi connectivity index (χ0) is 16.5. The molecule has 0 aliphatic heterocycles. The zero-order valence-corrected chi connectivity index (χ0v) is 13.5. The lowest BCUT2D eigenvalue weighted by atomic mass is 9.67. The van der Waals surface area contributed by atoms with Gasteiger partial charge >= 0.3 is 0 Å². The minimum atomic E-state index is -0.00738. The van der Waals surface area contributed by atoms with E-state index in [0.29, 0.717) is 29.3 Å². The zero-order valence-electron chi connectivity index (χ0n) is 13.5. The van der Waals surface area contributed by atoms with Crippen LogP contribution in [0.3, 0.4) is 0 Å². The van der Waals surface area contributed by atoms with Crippen LogP contribution in [0.4, 0.5) is 0 Å². The minimum absolute atomic E-state index is 0.00738. The Morgan fingerprint density at radius 3 is 2.50 bits per heavy atom. The molecule has 0 spiro atoms. The van der Waals surface area contributed by atoms with Gasteiger partial charge in [-0.3, -0.25) is 4.79 Å². The smallest absolute Gasteiger partial charge is 0.251 e. The summed E-state index contributed by atoms with van der Waals surface area (Å²) in [6.07, 6.45) is 6.95. The Bertz CT molecular complexity index is 684. The molecule has 0 radical (unpaired) electrons. The summed E-state index contributed by atoms with van der Waals surface area (Å²) < 4.78 is 4.75. The molecule has 2 atom stereocenters. The van der Waals surface area contributed by atoms with Gasteiger partial charge in [-0.15, -0.1) is 0 Å². The third kappa shape index (κ3) is 2.94. The quantitative estimate of drug-likeness (QED) is 0.903. The molecule has 1 amide bonds. The van der Waals surface area contributed by atoms with Gasteiger partial charge in [0.25, 0.3) is 5.91 Å². The van der Waals surface area contributed by atoms with E-state index in [2.05, 4.69) is 15.5 Å². The van der Waals surface area contributed by atoms with E-state index in [1.165, 1.54) is 25.7 Å². The Balaban J connectivity index is 1.46. The lowest BCUT2D eigenvalue weighted by molar-refractivity contribution is 0.0756. The van der Waals surface area contributed by atoms with Crippen molar-refractivity contribution < 1.29 is 9.32 Å². The second kappa shape index (κ2) is 6.36. The molecule has 2 fully saturated rings. The van der Waals surface area contributed by atoms with E-state index in [4.69, 9.17) is 10.3 Å². The highest BCUT2D eigenvalue weighted by atomic mass is 16.5. The van der Waals surface area contributed by atoms with Gasteiger partial charge in [0.1, 0.15) is 0 Å². The lowest BCUT2D eigenvalue weighted by Crippen LogP contribution is -2.53. The highest BCUT2D eigenvalue weighted by molar-refractivity contribution is 5.94. The van der Waals surface area contributed by atoms with Crippen LogP contribution in [0.5, 0.6) is 0 Å². The molecule has 1 aromatic carbocycles. The molecule has 2 unspecified atom stereocenters. The van der Waals surface area contributed by atoms with E-state index in [1.54, 1.807) is 0 Å². The molecule has 126 valence electrons. The highest BCUT2D eigenvalue weighted by Crippen LogP contribution is 2.39. The summed E-state index contributed by atoms with van der Waals surface area (Å²) in [5.74, 6) is 1.56. The number of nitrogens with two attached hydrogens (primary N) is 1. The molecule has 1 aromatic heterocycles. The number of aromatic nitrogens is 2. The van der Waals surface area contributed by atoms with Crippen molar-refractivity contribution in [3.63, 3.8) is 0 Å². The second-order valence-corrected chi connectivity index (χ2v) is 7.01. The number of carbonyl (C=O) groups excluding carboxylic acids is 1. The van der Waals surface area contributed by atoms with Crippen molar-refractivity contribution in [2.45, 2.75) is 44.2 Å². The van der Waals surface area contributed by atoms with Crippen LogP contribution >= 0.6 is 0 Å². The molecule has 4 rings (SSSR count). The number of rotatable bonds is 3. The van der Waals surface area contributed by atoms with Gasteiger partial charge < -0.3 is 15.6 Å². The Morgan fingerprint density at radius 2 is 1.88 bits per heavy atom. The van der Waals surface area contributed by atoms with Gasteiger partial charge in [-0.1, -0.05) is 23.7 Å². The van der Waals surface area contributed by atoms with Crippen LogP contribution in [0.25, 0.3) is 11.4 Å². The number of nitrogens with zero attached hydrogens (tertiary/aromatic N) is 2. The average molecular weight is 326 g/mol. The monoisotopic (exact) mass is 326 g/mol. The van der Waals surface area contributed by atoms with Crippen molar-refractivity contribution in [3.05, 3.63) is 36.2 Å². The Labute approximate surface area is 140 Å². The summed E-state index contributed by atoms with van der Waals surface area (Å²) in [6.45, 7) is 0. The van der Waals surface area contributed by atoms with Crippen LogP contribution < -0.4 is 11.1 Å². The molecule has 2 bridgehead atoms. The fourth-order valence-electron chi connectivity index (χ4n) is 4.33. The lowest BCUT2D eigenvalue weighted by Gasteiger charge is -2.45. The maximum absolute atomic E-state index is 12.6. The molecule has 2 aliphatic rings. The van der Waals surface area contributed by atoms with Gasteiger partial charge in [0, 0.05) is 23.2 Å². The van der Waals surface area contributed by atoms with Crippen LogP contribution in [-0.2, 0) is 0 Å². The van der Waals surface area contributed by atoms with E-state index in [0.717, 1.165) is 18.4 Å². The predicted molar refractivity (Wildman–Crippen MR) is 89.0 cm³/mol. The van der Waals surface area contributed by atoms with Gasteiger partial charge in [-0.05, 0) is 49.7 Å². The van der Waals surface area contributed by atoms with Crippen molar-refractivity contribution in [2.75, 3.05) is 0 Å². The number of fused-ring (bicyclic) bond motifs is 2. The fourth-order valence-corrected chi connectivity index (χ4v) is 4.33. The van der Waals surface area contributed by atoms with Gasteiger partial charge in [0.05, 0.1) is 0 Å². The van der Waals surface area contributed by atoms with Crippen LogP contribution in [0, 0.1) is 11.8 Å². The topological polar surface area (TPSA) is 94.0 Å². The third-order valence-corrected chi connectivity index (χ3v) is 5.44. The summed E-state index contributed by atoms with van der Waals surface area (Å²) in [5, 5.41) is 7.07. The number of hydrogen-bond donors (Lipinski definition) is 2. The van der Waals surface area contributed by atoms with Crippen molar-refractivity contribution in [2.24, 2.45) is 17.6 Å². The predicted octanol–water partition coefficient (Wildman–Crippen LogP) is 2.37. The minimum Gasteiger partial charge on any atom is -0.349 e. The van der Waals surface area contributed by atoms with E-state index < -0.39 is 0 Å². The first-order valence-electron chi connectivity index (χ1n) is 8.64. The van der Waals surface area contributed by atoms with Crippen molar-refractivity contribution in [1.82, 2.24) is 15.5 Å². The Kier molecular flexibility index (Phi) is 4.06. The molecular weight excluding hydrogens is 304 g/mol. The van der Waals surface area contributed by atoms with Gasteiger partial charge in [0.15, 0.2) is 0 Å². The molecule has 24 heavy (non-hydrogen) atoms. The SMILES string of the molecule is NC1CC2CCCC(C1)C2NC(=O)c1ccc(-c2ncon2)cc1. The van der Waals surface area contributed by atoms with Gasteiger partial charge in [-0.2, -0.15) is 4.98 Å². The molecule has 6 heteroatoms. The number of amides is 1. The van der Waals surface area contributed by atoms with E-state index in [1.807, 2.05) is 24.3 Å². The molecule has 6 nitrogen and oxygen atoms in total. The van der Waals surface area contributed by atoms with E-state index >= 15 is 0 Å². The number of benzene rings is 1. The maximum atomic E-state index is 12.6. The third-order valence-electron chi connectivity index (χ3n) is 5.44. The summed E-state index contributed by atoms with van der Waals surface area (Å²) >= 11 is 0. The molecule has 1 heterocycles. The number of carbonyl (C=O) groups is 1. The van der Waals surface area contributed by atoms with Crippen molar-refractivity contribution >= 4 is 5.91 Å². The average Bonchev–Trinajstić information content (AvgIpc) is 3.10. The summed E-state index contributed by atoms with van der Waals surface area (Å²) in [4.78, 5) is 16.6. The normalized spacial score (nSPS) is 29.2. The van der Waals surface area contributed by atoms with Crippen LogP contribution in [0.2, 0.25) is 0 Å². The first-order chi connectivity index (χ1) is 11.7. The highest BCUT2D eigenvalue weighted by Gasteiger charge is 2.39. The van der Waals surface area contributed by atoms with Crippen LogP contribution in [0.15, 0.2) is 35.2 Å². The Morgan fingerprint density at radius 1 is 1.17 bits per heavy atom. The molecule has 3 N–H and O–H groups in total. The standard InChI is InChI=1S/C18H22N4O2/c19-15-8-13-2-1-3-14(9-15)16(13)21-18(23)12-6-4-11(5-7-12)17-20-10-24-22-17/h4-7,10,13-16H,1-3,8-9,19H2,(H,21,23). The molecule has 2 saturated carbocycles.